The first-order valence-corrected chi connectivity index (χ1v) is 2.96. The Labute approximate surface area is 49.2 Å². The molecule has 0 N–H and O–H groups in total. The molecule has 1 aliphatic rings. The van der Waals surface area contributed by atoms with Gasteiger partial charge >= 0.3 is 0 Å². The molecule has 0 fully saturated rings. The molecule has 0 aromatic carbocycles. The predicted octanol–water partition coefficient (Wildman–Crippen LogP) is 2.50. The molecule has 0 atom stereocenters. The Morgan fingerprint density at radius 2 is 2.29 bits per heavy atom. The van der Waals surface area contributed by atoms with E-state index in [1.54, 1.807) is 0 Å². The first-order chi connectivity index (χ1) is 3.39. The second-order valence-electron chi connectivity index (χ2n) is 1.72. The molecule has 1 heteroatoms. The molecule has 0 aliphatic heterocycles. The molecule has 0 aromatic heterocycles. The van der Waals surface area contributed by atoms with Crippen LogP contribution in [0.15, 0.2) is 11.1 Å². The van der Waals surface area contributed by atoms with Crippen LogP contribution in [0.4, 0.5) is 0 Å². The summed E-state index contributed by atoms with van der Waals surface area (Å²) < 4.78 is 0. The minimum absolute atomic E-state index is 0.936. The molecule has 0 spiro atoms. The van der Waals surface area contributed by atoms with Crippen molar-refractivity contribution >= 4 is 11.6 Å². The van der Waals surface area contributed by atoms with Crippen LogP contribution in [0.1, 0.15) is 19.3 Å². The largest absolute Gasteiger partial charge is 0.0892 e. The van der Waals surface area contributed by atoms with Crippen LogP contribution < -0.4 is 0 Å². The normalized spacial score (nSPS) is 21.6. The van der Waals surface area contributed by atoms with E-state index in [9.17, 15) is 0 Å². The van der Waals surface area contributed by atoms with Crippen LogP contribution in [0.2, 0.25) is 0 Å². The SMILES string of the molecule is ClC1=CCCC[CH]1. The molecule has 0 nitrogen and oxygen atoms in total. The van der Waals surface area contributed by atoms with Gasteiger partial charge in [0.25, 0.3) is 0 Å². The maximum atomic E-state index is 5.62. The molecule has 0 heterocycles. The first kappa shape index (κ1) is 5.17. The van der Waals surface area contributed by atoms with Gasteiger partial charge in [-0.15, -0.1) is 0 Å². The van der Waals surface area contributed by atoms with Crippen molar-refractivity contribution in [2.45, 2.75) is 19.3 Å². The van der Waals surface area contributed by atoms with Crippen LogP contribution in [-0.4, -0.2) is 0 Å². The molecule has 1 rings (SSSR count). The number of allylic oxidation sites excluding steroid dienone is 2. The minimum atomic E-state index is 0.936. The van der Waals surface area contributed by atoms with E-state index in [2.05, 4.69) is 12.5 Å². The Morgan fingerprint density at radius 3 is 2.57 bits per heavy atom. The molecular formula is C6H8Cl. The lowest BCUT2D eigenvalue weighted by molar-refractivity contribution is 0.811. The second kappa shape index (κ2) is 2.37. The van der Waals surface area contributed by atoms with E-state index in [0.717, 1.165) is 17.9 Å². The fourth-order valence-electron chi connectivity index (χ4n) is 0.681. The summed E-state index contributed by atoms with van der Waals surface area (Å²) in [5, 5.41) is 0.936. The predicted molar refractivity (Wildman–Crippen MR) is 32.1 cm³/mol. The van der Waals surface area contributed by atoms with E-state index < -0.39 is 0 Å². The summed E-state index contributed by atoms with van der Waals surface area (Å²) in [5.74, 6) is 0. The van der Waals surface area contributed by atoms with Crippen molar-refractivity contribution in [3.05, 3.63) is 17.5 Å². The van der Waals surface area contributed by atoms with Gasteiger partial charge in [0.15, 0.2) is 0 Å². The van der Waals surface area contributed by atoms with Crippen LogP contribution in [0.25, 0.3) is 0 Å². The summed E-state index contributed by atoms with van der Waals surface area (Å²) in [6, 6.07) is 0. The van der Waals surface area contributed by atoms with Gasteiger partial charge in [-0.1, -0.05) is 17.7 Å². The molecule has 0 bridgehead atoms. The van der Waals surface area contributed by atoms with Crippen molar-refractivity contribution < 1.29 is 0 Å². The second-order valence-corrected chi connectivity index (χ2v) is 2.16. The number of rotatable bonds is 0. The number of halogens is 1. The van der Waals surface area contributed by atoms with Gasteiger partial charge in [-0.2, -0.15) is 0 Å². The van der Waals surface area contributed by atoms with Crippen molar-refractivity contribution in [3.8, 4) is 0 Å². The van der Waals surface area contributed by atoms with E-state index in [1.807, 2.05) is 0 Å². The highest BCUT2D eigenvalue weighted by molar-refractivity contribution is 6.30. The highest BCUT2D eigenvalue weighted by Crippen LogP contribution is 2.18. The Hall–Kier alpha value is 0.0300. The van der Waals surface area contributed by atoms with Gasteiger partial charge in [-0.3, -0.25) is 0 Å². The average molecular weight is 116 g/mol. The fraction of sp³-hybridized carbons (Fsp3) is 0.500. The molecule has 0 saturated heterocycles. The smallest absolute Gasteiger partial charge is 0.0178 e. The van der Waals surface area contributed by atoms with Gasteiger partial charge in [0.1, 0.15) is 0 Å². The summed E-state index contributed by atoms with van der Waals surface area (Å²) in [6.45, 7) is 0. The molecule has 0 saturated carbocycles. The molecule has 7 heavy (non-hydrogen) atoms. The zero-order valence-electron chi connectivity index (χ0n) is 4.15. The average Bonchev–Trinajstić information content (AvgIpc) is 1.69. The van der Waals surface area contributed by atoms with Crippen LogP contribution in [0.3, 0.4) is 0 Å². The minimum Gasteiger partial charge on any atom is -0.0892 e. The molecule has 1 radical (unpaired) electrons. The van der Waals surface area contributed by atoms with Crippen molar-refractivity contribution in [2.24, 2.45) is 0 Å². The number of hydrogen-bond acceptors (Lipinski definition) is 0. The molecular weight excluding hydrogens is 108 g/mol. The highest BCUT2D eigenvalue weighted by Gasteiger charge is 1.97. The van der Waals surface area contributed by atoms with Gasteiger partial charge in [-0.05, 0) is 19.3 Å². The summed E-state index contributed by atoms with van der Waals surface area (Å²) in [4.78, 5) is 0. The highest BCUT2D eigenvalue weighted by atomic mass is 35.5. The Balaban J connectivity index is 2.40. The standard InChI is InChI=1S/C6H8Cl/c7-6-4-2-1-3-5-6/h4-5H,1-3H2. The van der Waals surface area contributed by atoms with E-state index >= 15 is 0 Å². The van der Waals surface area contributed by atoms with Crippen LogP contribution >= 0.6 is 11.6 Å². The zero-order valence-corrected chi connectivity index (χ0v) is 4.91. The lowest BCUT2D eigenvalue weighted by Gasteiger charge is -2.02. The lowest BCUT2D eigenvalue weighted by Crippen LogP contribution is -1.84. The summed E-state index contributed by atoms with van der Waals surface area (Å²) in [7, 11) is 0. The molecule has 1 aliphatic carbocycles. The van der Waals surface area contributed by atoms with Gasteiger partial charge < -0.3 is 0 Å². The third-order valence-corrected chi connectivity index (χ3v) is 1.40. The zero-order chi connectivity index (χ0) is 5.11. The summed E-state index contributed by atoms with van der Waals surface area (Å²) in [6.07, 6.45) is 7.72. The van der Waals surface area contributed by atoms with E-state index in [4.69, 9.17) is 11.6 Å². The third-order valence-electron chi connectivity index (χ3n) is 1.09. The fourth-order valence-corrected chi connectivity index (χ4v) is 0.899. The number of hydrogen-bond donors (Lipinski definition) is 0. The van der Waals surface area contributed by atoms with Crippen LogP contribution in [-0.2, 0) is 0 Å². The summed E-state index contributed by atoms with van der Waals surface area (Å²) >= 11 is 5.62. The molecule has 0 unspecified atom stereocenters. The van der Waals surface area contributed by atoms with Gasteiger partial charge in [-0.25, -0.2) is 0 Å². The van der Waals surface area contributed by atoms with Crippen LogP contribution in [0, 0.1) is 6.42 Å². The Bertz CT molecular complexity index is 84.2. The Kier molecular flexibility index (Phi) is 1.75. The molecule has 0 aromatic rings. The monoisotopic (exact) mass is 115 g/mol. The van der Waals surface area contributed by atoms with Crippen molar-refractivity contribution in [3.63, 3.8) is 0 Å². The van der Waals surface area contributed by atoms with Crippen molar-refractivity contribution in [2.75, 3.05) is 0 Å². The van der Waals surface area contributed by atoms with E-state index in [0.29, 0.717) is 0 Å². The first-order valence-electron chi connectivity index (χ1n) is 2.58. The lowest BCUT2D eigenvalue weighted by atomic mass is 10.1. The quantitative estimate of drug-likeness (QED) is 0.455. The maximum Gasteiger partial charge on any atom is 0.0178 e. The van der Waals surface area contributed by atoms with E-state index in [-0.39, 0.29) is 0 Å². The topological polar surface area (TPSA) is 0 Å². The maximum absolute atomic E-state index is 5.62. The van der Waals surface area contributed by atoms with Crippen molar-refractivity contribution in [1.29, 1.82) is 0 Å². The summed E-state index contributed by atoms with van der Waals surface area (Å²) in [5.41, 5.74) is 0. The van der Waals surface area contributed by atoms with Crippen molar-refractivity contribution in [1.82, 2.24) is 0 Å². The molecule has 0 amide bonds. The Morgan fingerprint density at radius 1 is 1.43 bits per heavy atom. The third kappa shape index (κ3) is 1.52. The van der Waals surface area contributed by atoms with Gasteiger partial charge in [0.05, 0.1) is 0 Å². The van der Waals surface area contributed by atoms with Crippen LogP contribution in [0.5, 0.6) is 0 Å². The van der Waals surface area contributed by atoms with E-state index in [1.165, 1.54) is 6.42 Å². The molecule has 39 valence electrons. The van der Waals surface area contributed by atoms with Gasteiger partial charge in [0.2, 0.25) is 0 Å². The van der Waals surface area contributed by atoms with Gasteiger partial charge in [0, 0.05) is 11.5 Å².